The zero-order chi connectivity index (χ0) is 38.2. The van der Waals surface area contributed by atoms with E-state index in [1.807, 2.05) is 0 Å². The van der Waals surface area contributed by atoms with Gasteiger partial charge < -0.3 is 84.2 Å². The van der Waals surface area contributed by atoms with Crippen LogP contribution in [-0.4, -0.2) is 51.1 Å². The smallest absolute Gasteiger partial charge is 0.220 e. The summed E-state index contributed by atoms with van der Waals surface area (Å²) < 4.78 is 40.2. The maximum Gasteiger partial charge on any atom is 0.220 e. The van der Waals surface area contributed by atoms with Crippen LogP contribution in [-0.2, 0) is 0 Å². The molecular formula is C37H24O17. The molecule has 0 aliphatic carbocycles. The Kier molecular flexibility index (Phi) is 7.36. The topological polar surface area (TPSA) is 267 Å². The Morgan fingerprint density at radius 1 is 0.333 bits per heavy atom. The fourth-order valence-electron chi connectivity index (χ4n) is 5.63. The van der Waals surface area contributed by atoms with Crippen LogP contribution in [0, 0.1) is 6.92 Å². The molecular weight excluding hydrogens is 716 g/mol. The maximum absolute atomic E-state index is 10.9. The van der Waals surface area contributed by atoms with Gasteiger partial charge in [-0.05, 0) is 18.6 Å². The fourth-order valence-corrected chi connectivity index (χ4v) is 5.63. The molecule has 2 heterocycles. The Balaban J connectivity index is 1.07. The highest BCUT2D eigenvalue weighted by molar-refractivity contribution is 5.73. The summed E-state index contributed by atoms with van der Waals surface area (Å²) in [6.07, 6.45) is 0. The number of hydrogen-bond donors (Lipinski definition) is 10. The number of benzene rings is 6. The van der Waals surface area contributed by atoms with Crippen molar-refractivity contribution in [2.24, 2.45) is 0 Å². The average molecular weight is 741 g/mol. The van der Waals surface area contributed by atoms with Crippen LogP contribution in [0.2, 0.25) is 0 Å². The second-order valence-electron chi connectivity index (χ2n) is 11.9. The minimum Gasteiger partial charge on any atom is -0.508 e. The standard InChI is InChI=1S/C37H24O17/c1-13-2-20(41)34-36(29(13)48-17-4-14(38)3-15(39)5-17)53-32-24(45)10-19(11-28(32)52-34)49-30-22(43)8-18(9-23(30)44)50-33-25(46)12-26(47)35-37(33)54-31-21(42)6-16(40)7-27(31)51-35/h2-12,38-47H,1H3. The zero-order valence-corrected chi connectivity index (χ0v) is 27.2. The largest absolute Gasteiger partial charge is 0.508 e. The van der Waals surface area contributed by atoms with E-state index in [4.69, 9.17) is 33.2 Å². The molecule has 2 aliphatic heterocycles. The third-order valence-electron chi connectivity index (χ3n) is 7.93. The number of rotatable bonds is 6. The molecule has 0 aromatic heterocycles. The predicted octanol–water partition coefficient (Wildman–Crippen LogP) is 8.22. The Morgan fingerprint density at radius 3 is 1.41 bits per heavy atom. The van der Waals surface area contributed by atoms with E-state index >= 15 is 0 Å². The predicted molar refractivity (Wildman–Crippen MR) is 181 cm³/mol. The molecule has 274 valence electrons. The summed E-state index contributed by atoms with van der Waals surface area (Å²) in [4.78, 5) is 0. The summed E-state index contributed by atoms with van der Waals surface area (Å²) in [6, 6.07) is 12.1. The van der Waals surface area contributed by atoms with E-state index < -0.39 is 51.7 Å². The highest BCUT2D eigenvalue weighted by Crippen LogP contribution is 2.61. The van der Waals surface area contributed by atoms with E-state index in [1.165, 1.54) is 24.3 Å². The Hall–Kier alpha value is -8.08. The van der Waals surface area contributed by atoms with E-state index in [0.717, 1.165) is 42.5 Å². The van der Waals surface area contributed by atoms with Crippen molar-refractivity contribution >= 4 is 0 Å². The van der Waals surface area contributed by atoms with Crippen molar-refractivity contribution in [2.75, 3.05) is 0 Å². The van der Waals surface area contributed by atoms with Crippen molar-refractivity contribution in [1.29, 1.82) is 0 Å². The molecule has 10 N–H and O–H groups in total. The molecule has 0 fully saturated rings. The third-order valence-corrected chi connectivity index (χ3v) is 7.93. The van der Waals surface area contributed by atoms with Gasteiger partial charge in [-0.1, -0.05) is 0 Å². The van der Waals surface area contributed by atoms with Gasteiger partial charge in [-0.15, -0.1) is 0 Å². The van der Waals surface area contributed by atoms with Crippen molar-refractivity contribution in [3.05, 3.63) is 72.3 Å². The van der Waals surface area contributed by atoms with E-state index in [1.54, 1.807) is 6.92 Å². The van der Waals surface area contributed by atoms with Crippen LogP contribution in [0.25, 0.3) is 0 Å². The van der Waals surface area contributed by atoms with Crippen molar-refractivity contribution in [3.8, 4) is 138 Å². The molecule has 54 heavy (non-hydrogen) atoms. The van der Waals surface area contributed by atoms with Gasteiger partial charge in [0.15, 0.2) is 57.5 Å². The van der Waals surface area contributed by atoms with Crippen LogP contribution in [0.4, 0.5) is 0 Å². The quantitative estimate of drug-likeness (QED) is 0.0769. The van der Waals surface area contributed by atoms with E-state index in [0.29, 0.717) is 5.56 Å². The number of phenolic OH excluding ortho intramolecular Hbond substituents is 10. The van der Waals surface area contributed by atoms with Crippen LogP contribution in [0.1, 0.15) is 5.56 Å². The van der Waals surface area contributed by atoms with Crippen molar-refractivity contribution in [3.63, 3.8) is 0 Å². The van der Waals surface area contributed by atoms with Gasteiger partial charge in [0.2, 0.25) is 46.0 Å². The summed E-state index contributed by atoms with van der Waals surface area (Å²) in [5, 5.41) is 104. The summed E-state index contributed by atoms with van der Waals surface area (Å²) in [7, 11) is 0. The van der Waals surface area contributed by atoms with Crippen molar-refractivity contribution in [1.82, 2.24) is 0 Å². The van der Waals surface area contributed by atoms with E-state index in [-0.39, 0.29) is 86.2 Å². The minimum absolute atomic E-state index is 0.0245. The molecule has 0 amide bonds. The first-order valence-electron chi connectivity index (χ1n) is 15.4. The number of ether oxygens (including phenoxy) is 7. The first-order chi connectivity index (χ1) is 25.7. The van der Waals surface area contributed by atoms with Crippen LogP contribution in [0.5, 0.6) is 138 Å². The Labute approximate surface area is 301 Å². The first-order valence-corrected chi connectivity index (χ1v) is 15.4. The third kappa shape index (κ3) is 5.63. The van der Waals surface area contributed by atoms with Gasteiger partial charge >= 0.3 is 0 Å². The molecule has 0 radical (unpaired) electrons. The van der Waals surface area contributed by atoms with Gasteiger partial charge in [0, 0.05) is 60.7 Å². The molecule has 2 aliphatic rings. The SMILES string of the molecule is Cc1cc(O)c2c(c1Oc1cc(O)cc(O)c1)Oc1c(O)cc(Oc3c(O)cc(Oc4c(O)cc(O)c5c4Oc4c(O)cc(O)cc4O5)cc3O)cc1O2. The lowest BCUT2D eigenvalue weighted by atomic mass is 10.1. The fraction of sp³-hybridized carbons (Fsp3) is 0.0270. The number of hydrogen-bond acceptors (Lipinski definition) is 17. The summed E-state index contributed by atoms with van der Waals surface area (Å²) >= 11 is 0. The van der Waals surface area contributed by atoms with E-state index in [9.17, 15) is 51.1 Å². The second-order valence-corrected chi connectivity index (χ2v) is 11.9. The lowest BCUT2D eigenvalue weighted by Gasteiger charge is -2.25. The number of phenols is 10. The molecule has 0 saturated heterocycles. The number of aromatic hydroxyl groups is 10. The summed E-state index contributed by atoms with van der Waals surface area (Å²) in [5.41, 5.74) is 0.367. The van der Waals surface area contributed by atoms with Crippen LogP contribution in [0.3, 0.4) is 0 Å². The van der Waals surface area contributed by atoms with Crippen LogP contribution in [0.15, 0.2) is 66.7 Å². The molecule has 17 heteroatoms. The molecule has 8 rings (SSSR count). The lowest BCUT2D eigenvalue weighted by Crippen LogP contribution is -2.03. The van der Waals surface area contributed by atoms with Gasteiger partial charge in [-0.25, -0.2) is 0 Å². The molecule has 6 aromatic carbocycles. The van der Waals surface area contributed by atoms with Crippen molar-refractivity contribution in [2.45, 2.75) is 6.92 Å². The lowest BCUT2D eigenvalue weighted by molar-refractivity contribution is 0.298. The normalized spacial score (nSPS) is 12.0. The van der Waals surface area contributed by atoms with Crippen molar-refractivity contribution < 1.29 is 84.2 Å². The Bertz CT molecular complexity index is 2520. The van der Waals surface area contributed by atoms with Gasteiger partial charge in [-0.3, -0.25) is 0 Å². The molecule has 0 atom stereocenters. The average Bonchev–Trinajstić information content (AvgIpc) is 3.09. The maximum atomic E-state index is 10.9. The summed E-state index contributed by atoms with van der Waals surface area (Å²) in [6.45, 7) is 1.59. The molecule has 0 spiro atoms. The molecule has 6 aromatic rings. The second kappa shape index (κ2) is 12.0. The highest BCUT2D eigenvalue weighted by atomic mass is 16.6. The van der Waals surface area contributed by atoms with Crippen LogP contribution >= 0.6 is 0 Å². The molecule has 17 nitrogen and oxygen atoms in total. The number of fused-ring (bicyclic) bond motifs is 4. The van der Waals surface area contributed by atoms with Crippen LogP contribution < -0.4 is 33.2 Å². The van der Waals surface area contributed by atoms with Gasteiger partial charge in [0.25, 0.3) is 0 Å². The molecule has 0 unspecified atom stereocenters. The van der Waals surface area contributed by atoms with E-state index in [2.05, 4.69) is 0 Å². The zero-order valence-electron chi connectivity index (χ0n) is 27.2. The number of aryl methyl sites for hydroxylation is 1. The molecule has 0 bridgehead atoms. The molecule has 0 saturated carbocycles. The Morgan fingerprint density at radius 2 is 0.759 bits per heavy atom. The highest BCUT2D eigenvalue weighted by Gasteiger charge is 2.33. The van der Waals surface area contributed by atoms with Gasteiger partial charge in [-0.2, -0.15) is 0 Å². The minimum atomic E-state index is -0.694. The first kappa shape index (κ1) is 33.1. The van der Waals surface area contributed by atoms with Gasteiger partial charge in [0.1, 0.15) is 34.5 Å². The monoisotopic (exact) mass is 740 g/mol. The summed E-state index contributed by atoms with van der Waals surface area (Å²) in [5.74, 6) is -8.30. The van der Waals surface area contributed by atoms with Gasteiger partial charge in [0.05, 0.1) is 0 Å².